The summed E-state index contributed by atoms with van der Waals surface area (Å²) in [5.74, 6) is 0.141. The van der Waals surface area contributed by atoms with Crippen molar-refractivity contribution in [2.45, 2.75) is 0 Å². The third kappa shape index (κ3) is 1.28. The molecule has 5 nitrogen and oxygen atoms in total. The molecule has 0 atom stereocenters. The van der Waals surface area contributed by atoms with Gasteiger partial charge in [-0.05, 0) is 0 Å². The fraction of sp³-hybridized carbons (Fsp3) is 0.111. The molecule has 0 radical (unpaired) electrons. The minimum absolute atomic E-state index is 0.00000945. The number of phenols is 1. The van der Waals surface area contributed by atoms with Crippen LogP contribution in [0.15, 0.2) is 18.3 Å². The Morgan fingerprint density at radius 2 is 2.00 bits per heavy atom. The topological polar surface area (TPSA) is 75.5 Å². The van der Waals surface area contributed by atoms with Crippen LogP contribution < -0.4 is 4.74 Å². The second-order valence-electron chi connectivity index (χ2n) is 2.74. The van der Waals surface area contributed by atoms with Crippen molar-refractivity contribution in [3.63, 3.8) is 0 Å². The Morgan fingerprint density at radius 3 is 2.71 bits per heavy atom. The Morgan fingerprint density at radius 1 is 1.21 bits per heavy atom. The van der Waals surface area contributed by atoms with Crippen LogP contribution in [0, 0.1) is 0 Å². The summed E-state index contributed by atoms with van der Waals surface area (Å²) in [5, 5.41) is 18.5. The van der Waals surface area contributed by atoms with E-state index in [1.165, 1.54) is 25.4 Å². The van der Waals surface area contributed by atoms with E-state index in [9.17, 15) is 5.11 Å². The summed E-state index contributed by atoms with van der Waals surface area (Å²) in [5.41, 5.74) is 0.973. The minimum Gasteiger partial charge on any atom is -0.504 e. The number of methoxy groups -OCH3 is 1. The molecule has 2 N–H and O–H groups in total. The van der Waals surface area contributed by atoms with Gasteiger partial charge in [0.15, 0.2) is 11.5 Å². The number of nitrogens with zero attached hydrogens (tertiary/aromatic N) is 2. The zero-order chi connectivity index (χ0) is 10.1. The van der Waals surface area contributed by atoms with Crippen LogP contribution in [0.5, 0.6) is 17.4 Å². The first-order valence-corrected chi connectivity index (χ1v) is 3.93. The number of rotatable bonds is 1. The number of benzene rings is 1. The maximum Gasteiger partial charge on any atom is 0.230 e. The molecule has 1 aromatic heterocycles. The van der Waals surface area contributed by atoms with E-state index in [2.05, 4.69) is 9.97 Å². The smallest absolute Gasteiger partial charge is 0.230 e. The van der Waals surface area contributed by atoms with E-state index >= 15 is 0 Å². The van der Waals surface area contributed by atoms with Crippen LogP contribution in [0.25, 0.3) is 11.0 Å². The number of hydrogen-bond acceptors (Lipinski definition) is 5. The van der Waals surface area contributed by atoms with Crippen LogP contribution in [0.3, 0.4) is 0 Å². The molecule has 0 aliphatic rings. The van der Waals surface area contributed by atoms with Gasteiger partial charge < -0.3 is 14.9 Å². The predicted octanol–water partition coefficient (Wildman–Crippen LogP) is 1.05. The molecular weight excluding hydrogens is 184 g/mol. The molecule has 0 amide bonds. The highest BCUT2D eigenvalue weighted by Crippen LogP contribution is 2.29. The Labute approximate surface area is 79.6 Å². The van der Waals surface area contributed by atoms with Gasteiger partial charge in [-0.2, -0.15) is 0 Å². The summed E-state index contributed by atoms with van der Waals surface area (Å²) in [7, 11) is 1.44. The van der Waals surface area contributed by atoms with E-state index in [-0.39, 0.29) is 11.6 Å². The number of phenolic OH excluding ortho intramolecular Hbond substituents is 1. The highest BCUT2D eigenvalue weighted by molar-refractivity contribution is 5.78. The Bertz CT molecular complexity index is 485. The van der Waals surface area contributed by atoms with Crippen LogP contribution in [0.1, 0.15) is 0 Å². The molecule has 0 saturated heterocycles. The fourth-order valence-corrected chi connectivity index (χ4v) is 1.18. The first kappa shape index (κ1) is 8.55. The zero-order valence-corrected chi connectivity index (χ0v) is 7.43. The van der Waals surface area contributed by atoms with E-state index < -0.39 is 0 Å². The van der Waals surface area contributed by atoms with E-state index in [4.69, 9.17) is 9.84 Å². The number of aromatic hydroxyl groups is 2. The van der Waals surface area contributed by atoms with Gasteiger partial charge in [0.2, 0.25) is 5.88 Å². The Kier molecular flexibility index (Phi) is 1.85. The number of aromatic nitrogens is 2. The summed E-state index contributed by atoms with van der Waals surface area (Å²) >= 11 is 0. The second kappa shape index (κ2) is 3.02. The summed E-state index contributed by atoms with van der Waals surface area (Å²) in [6.45, 7) is 0. The highest BCUT2D eigenvalue weighted by atomic mass is 16.5. The first-order chi connectivity index (χ1) is 6.70. The molecule has 0 bridgehead atoms. The predicted molar refractivity (Wildman–Crippen MR) is 49.4 cm³/mol. The minimum atomic E-state index is -0.162. The zero-order valence-electron chi connectivity index (χ0n) is 7.43. The van der Waals surface area contributed by atoms with Gasteiger partial charge in [0.1, 0.15) is 0 Å². The van der Waals surface area contributed by atoms with Gasteiger partial charge in [-0.3, -0.25) is 0 Å². The van der Waals surface area contributed by atoms with E-state index in [1.807, 2.05) is 0 Å². The molecule has 0 unspecified atom stereocenters. The number of fused-ring (bicyclic) bond motifs is 1. The SMILES string of the molecule is COc1cc2nc(O)cnc2cc1O. The monoisotopic (exact) mass is 192 g/mol. The summed E-state index contributed by atoms with van der Waals surface area (Å²) < 4.78 is 4.89. The van der Waals surface area contributed by atoms with Gasteiger partial charge in [0, 0.05) is 12.1 Å². The molecule has 72 valence electrons. The normalized spacial score (nSPS) is 10.4. The molecule has 0 aliphatic carbocycles. The van der Waals surface area contributed by atoms with E-state index in [0.29, 0.717) is 16.8 Å². The molecule has 0 saturated carbocycles. The molecule has 1 aromatic carbocycles. The van der Waals surface area contributed by atoms with Crippen molar-refractivity contribution in [2.75, 3.05) is 7.11 Å². The quantitative estimate of drug-likeness (QED) is 0.706. The molecule has 5 heteroatoms. The van der Waals surface area contributed by atoms with Crippen molar-refractivity contribution in [1.82, 2.24) is 9.97 Å². The average Bonchev–Trinajstić information content (AvgIpc) is 2.17. The van der Waals surface area contributed by atoms with Gasteiger partial charge in [-0.1, -0.05) is 0 Å². The first-order valence-electron chi connectivity index (χ1n) is 3.93. The van der Waals surface area contributed by atoms with Gasteiger partial charge >= 0.3 is 0 Å². The van der Waals surface area contributed by atoms with Crippen molar-refractivity contribution < 1.29 is 14.9 Å². The average molecular weight is 192 g/mol. The number of hydrogen-bond donors (Lipinski definition) is 2. The standard InChI is InChI=1S/C9H8N2O3/c1-14-8-3-6-5(2-7(8)12)10-4-9(13)11-6/h2-4,12H,1H3,(H,11,13). The van der Waals surface area contributed by atoms with Crippen LogP contribution in [-0.2, 0) is 0 Å². The van der Waals surface area contributed by atoms with Crippen LogP contribution in [0.4, 0.5) is 0 Å². The third-order valence-corrected chi connectivity index (χ3v) is 1.83. The lowest BCUT2D eigenvalue weighted by atomic mass is 10.2. The van der Waals surface area contributed by atoms with Crippen molar-refractivity contribution in [2.24, 2.45) is 0 Å². The molecule has 14 heavy (non-hydrogen) atoms. The van der Waals surface area contributed by atoms with Crippen LogP contribution in [-0.4, -0.2) is 27.3 Å². The summed E-state index contributed by atoms with van der Waals surface area (Å²) in [6.07, 6.45) is 1.22. The third-order valence-electron chi connectivity index (χ3n) is 1.83. The molecule has 0 spiro atoms. The lowest BCUT2D eigenvalue weighted by Crippen LogP contribution is -1.87. The van der Waals surface area contributed by atoms with Gasteiger partial charge in [0.05, 0.1) is 24.3 Å². The maximum atomic E-state index is 9.42. The molecule has 2 aromatic rings. The van der Waals surface area contributed by atoms with Crippen molar-refractivity contribution in [1.29, 1.82) is 0 Å². The van der Waals surface area contributed by atoms with Gasteiger partial charge in [-0.25, -0.2) is 9.97 Å². The summed E-state index contributed by atoms with van der Waals surface area (Å²) in [6, 6.07) is 2.94. The van der Waals surface area contributed by atoms with E-state index in [1.54, 1.807) is 0 Å². The molecular formula is C9H8N2O3. The second-order valence-corrected chi connectivity index (χ2v) is 2.74. The lowest BCUT2D eigenvalue weighted by Gasteiger charge is -2.04. The Hall–Kier alpha value is -2.04. The molecule has 1 heterocycles. The lowest BCUT2D eigenvalue weighted by molar-refractivity contribution is 0.374. The van der Waals surface area contributed by atoms with Crippen molar-refractivity contribution >= 4 is 11.0 Å². The van der Waals surface area contributed by atoms with Gasteiger partial charge in [-0.15, -0.1) is 0 Å². The van der Waals surface area contributed by atoms with E-state index in [0.717, 1.165) is 0 Å². The van der Waals surface area contributed by atoms with Crippen molar-refractivity contribution in [3.05, 3.63) is 18.3 Å². The fourth-order valence-electron chi connectivity index (χ4n) is 1.18. The molecule has 0 fully saturated rings. The van der Waals surface area contributed by atoms with Crippen LogP contribution >= 0.6 is 0 Å². The maximum absolute atomic E-state index is 9.42. The molecule has 2 rings (SSSR count). The highest BCUT2D eigenvalue weighted by Gasteiger charge is 2.06. The largest absolute Gasteiger partial charge is 0.504 e. The Balaban J connectivity index is 2.73. The number of ether oxygens (including phenoxy) is 1. The van der Waals surface area contributed by atoms with Gasteiger partial charge in [0.25, 0.3) is 0 Å². The van der Waals surface area contributed by atoms with Crippen LogP contribution in [0.2, 0.25) is 0 Å². The summed E-state index contributed by atoms with van der Waals surface area (Å²) in [4.78, 5) is 7.72. The van der Waals surface area contributed by atoms with Crippen molar-refractivity contribution in [3.8, 4) is 17.4 Å². The molecule has 0 aliphatic heterocycles.